The van der Waals surface area contributed by atoms with Crippen LogP contribution in [0.2, 0.25) is 0 Å². The van der Waals surface area contributed by atoms with E-state index in [1.807, 2.05) is 74.5 Å². The van der Waals surface area contributed by atoms with Crippen LogP contribution < -0.4 is 4.90 Å². The fourth-order valence-electron chi connectivity index (χ4n) is 4.42. The van der Waals surface area contributed by atoms with Gasteiger partial charge in [0.25, 0.3) is 0 Å². The van der Waals surface area contributed by atoms with E-state index in [1.165, 1.54) is 11.8 Å². The van der Waals surface area contributed by atoms with Gasteiger partial charge in [0.1, 0.15) is 11.1 Å². The normalized spacial score (nSPS) is 11.9. The van der Waals surface area contributed by atoms with E-state index >= 15 is 0 Å². The molecule has 0 atom stereocenters. The Labute approximate surface area is 238 Å². The van der Waals surface area contributed by atoms with E-state index in [0.29, 0.717) is 21.8 Å². The highest BCUT2D eigenvalue weighted by Gasteiger charge is 2.28. The first-order valence-electron chi connectivity index (χ1n) is 11.9. The maximum absolute atomic E-state index is 13.6. The fraction of sp³-hybridized carbons (Fsp3) is 0.133. The number of para-hydroxylation sites is 2. The molecule has 3 aromatic carbocycles. The minimum Gasteiger partial charge on any atom is -0.294 e. The van der Waals surface area contributed by atoms with E-state index in [4.69, 9.17) is 0 Å². The SMILES string of the molecule is Cc1nc(SCC(=O)N2c3ccccc3Sc3ccccc32)c(C#N)c(C)c1CC(=O)c1ccc(Br)cc1. The number of pyridine rings is 1. The van der Waals surface area contributed by atoms with Gasteiger partial charge in [-0.2, -0.15) is 5.26 Å². The Morgan fingerprint density at radius 3 is 2.18 bits per heavy atom. The molecule has 5 rings (SSSR count). The molecule has 0 spiro atoms. The maximum atomic E-state index is 13.6. The van der Waals surface area contributed by atoms with Crippen LogP contribution in [0.15, 0.2) is 92.1 Å². The standard InChI is InChI=1S/C30H22BrN3O2S2/c1-18-22(15-26(35)20-11-13-21(31)14-12-20)19(2)33-30(23(18)16-32)37-17-29(36)34-24-7-3-5-9-27(24)38-28-10-6-4-8-25(28)34/h3-14H,15,17H2,1-2H3. The van der Waals surface area contributed by atoms with Gasteiger partial charge in [0, 0.05) is 31.9 Å². The summed E-state index contributed by atoms with van der Waals surface area (Å²) in [5.74, 6) is -0.0126. The molecule has 0 radical (unpaired) electrons. The zero-order valence-electron chi connectivity index (χ0n) is 20.7. The molecule has 0 N–H and O–H groups in total. The topological polar surface area (TPSA) is 74.1 Å². The summed E-state index contributed by atoms with van der Waals surface area (Å²) in [4.78, 5) is 35.0. The summed E-state index contributed by atoms with van der Waals surface area (Å²) in [6.45, 7) is 3.69. The van der Waals surface area contributed by atoms with Crippen LogP contribution in [0.25, 0.3) is 0 Å². The van der Waals surface area contributed by atoms with Crippen molar-refractivity contribution in [3.63, 3.8) is 0 Å². The van der Waals surface area contributed by atoms with Gasteiger partial charge in [-0.05, 0) is 61.4 Å². The van der Waals surface area contributed by atoms with Crippen LogP contribution in [0.1, 0.15) is 32.7 Å². The van der Waals surface area contributed by atoms with Crippen molar-refractivity contribution in [3.05, 3.63) is 105 Å². The number of halogens is 1. The molecule has 0 bridgehead atoms. The molecule has 0 unspecified atom stereocenters. The number of thioether (sulfide) groups is 1. The molecular formula is C30H22BrN3O2S2. The van der Waals surface area contributed by atoms with Crippen LogP contribution in [0.5, 0.6) is 0 Å². The third-order valence-corrected chi connectivity index (χ3v) is 9.00. The van der Waals surface area contributed by atoms with Crippen LogP contribution >= 0.6 is 39.5 Å². The van der Waals surface area contributed by atoms with Crippen LogP contribution in [0, 0.1) is 25.2 Å². The molecule has 0 aliphatic carbocycles. The van der Waals surface area contributed by atoms with Gasteiger partial charge in [0.15, 0.2) is 5.78 Å². The van der Waals surface area contributed by atoms with Gasteiger partial charge in [-0.1, -0.05) is 75.9 Å². The fourth-order valence-corrected chi connectivity index (χ4v) is 6.68. The smallest absolute Gasteiger partial charge is 0.242 e. The zero-order chi connectivity index (χ0) is 26.8. The number of aryl methyl sites for hydroxylation is 1. The number of benzene rings is 3. The highest BCUT2D eigenvalue weighted by molar-refractivity contribution is 9.10. The lowest BCUT2D eigenvalue weighted by atomic mass is 9.96. The second-order valence-corrected chi connectivity index (χ2v) is 11.7. The molecule has 5 nitrogen and oxygen atoms in total. The number of hydrogen-bond donors (Lipinski definition) is 0. The van der Waals surface area contributed by atoms with Gasteiger partial charge in [0.05, 0.1) is 22.7 Å². The zero-order valence-corrected chi connectivity index (χ0v) is 23.9. The molecule has 1 aliphatic heterocycles. The molecule has 1 aromatic heterocycles. The van der Waals surface area contributed by atoms with Crippen molar-refractivity contribution in [2.24, 2.45) is 0 Å². The average Bonchev–Trinajstić information content (AvgIpc) is 2.92. The van der Waals surface area contributed by atoms with Gasteiger partial charge in [-0.25, -0.2) is 4.98 Å². The number of Topliss-reactive ketones (excluding diaryl/α,β-unsaturated/α-hetero) is 1. The first-order chi connectivity index (χ1) is 18.4. The Morgan fingerprint density at radius 1 is 0.974 bits per heavy atom. The largest absolute Gasteiger partial charge is 0.294 e. The highest BCUT2D eigenvalue weighted by atomic mass is 79.9. The predicted octanol–water partition coefficient (Wildman–Crippen LogP) is 7.68. The summed E-state index contributed by atoms with van der Waals surface area (Å²) in [7, 11) is 0. The maximum Gasteiger partial charge on any atom is 0.242 e. The lowest BCUT2D eigenvalue weighted by Crippen LogP contribution is -2.30. The van der Waals surface area contributed by atoms with Crippen LogP contribution in [-0.2, 0) is 11.2 Å². The molecule has 8 heteroatoms. The van der Waals surface area contributed by atoms with Crippen LogP contribution in [0.3, 0.4) is 0 Å². The second kappa shape index (κ2) is 11.2. The Kier molecular flexibility index (Phi) is 7.70. The van der Waals surface area contributed by atoms with Crippen molar-refractivity contribution in [2.45, 2.75) is 35.1 Å². The molecule has 2 heterocycles. The number of carbonyl (C=O) groups excluding carboxylic acids is 2. The number of carbonyl (C=O) groups is 2. The molecule has 1 aliphatic rings. The number of aromatic nitrogens is 1. The van der Waals surface area contributed by atoms with E-state index in [2.05, 4.69) is 27.0 Å². The van der Waals surface area contributed by atoms with Crippen molar-refractivity contribution < 1.29 is 9.59 Å². The van der Waals surface area contributed by atoms with Gasteiger partial charge in [-0.15, -0.1) is 0 Å². The van der Waals surface area contributed by atoms with Crippen LogP contribution in [-0.4, -0.2) is 22.4 Å². The number of hydrogen-bond acceptors (Lipinski definition) is 6. The molecule has 0 saturated carbocycles. The van der Waals surface area contributed by atoms with Crippen molar-refractivity contribution in [2.75, 3.05) is 10.7 Å². The van der Waals surface area contributed by atoms with Crippen molar-refractivity contribution in [1.82, 2.24) is 4.98 Å². The number of rotatable bonds is 6. The monoisotopic (exact) mass is 599 g/mol. The molecule has 1 amide bonds. The van der Waals surface area contributed by atoms with Crippen LogP contribution in [0.4, 0.5) is 11.4 Å². The van der Waals surface area contributed by atoms with Crippen molar-refractivity contribution in [1.29, 1.82) is 5.26 Å². The molecule has 0 fully saturated rings. The molecule has 4 aromatic rings. The summed E-state index contributed by atoms with van der Waals surface area (Å²) in [6.07, 6.45) is 0.157. The lowest BCUT2D eigenvalue weighted by Gasteiger charge is -2.31. The van der Waals surface area contributed by atoms with Gasteiger partial charge in [0.2, 0.25) is 5.91 Å². The van der Waals surface area contributed by atoms with E-state index in [1.54, 1.807) is 28.8 Å². The van der Waals surface area contributed by atoms with E-state index in [9.17, 15) is 14.9 Å². The quantitative estimate of drug-likeness (QED) is 0.167. The summed E-state index contributed by atoms with van der Waals surface area (Å²) in [5.41, 5.74) is 4.88. The first-order valence-corrected chi connectivity index (χ1v) is 14.5. The predicted molar refractivity (Wildman–Crippen MR) is 155 cm³/mol. The average molecular weight is 601 g/mol. The van der Waals surface area contributed by atoms with Gasteiger partial charge < -0.3 is 0 Å². The Bertz CT molecular complexity index is 1570. The Balaban J connectivity index is 1.40. The summed E-state index contributed by atoms with van der Waals surface area (Å²) in [6, 6.07) is 25.2. The number of fused-ring (bicyclic) bond motifs is 2. The molecular weight excluding hydrogens is 578 g/mol. The number of amides is 1. The number of nitriles is 1. The number of ketones is 1. The highest BCUT2D eigenvalue weighted by Crippen LogP contribution is 2.48. The minimum atomic E-state index is -0.0920. The number of nitrogens with zero attached hydrogens (tertiary/aromatic N) is 3. The third-order valence-electron chi connectivity index (χ3n) is 6.38. The van der Waals surface area contributed by atoms with E-state index in [0.717, 1.165) is 36.8 Å². The molecule has 38 heavy (non-hydrogen) atoms. The first kappa shape index (κ1) is 26.2. The Morgan fingerprint density at radius 2 is 1.58 bits per heavy atom. The lowest BCUT2D eigenvalue weighted by molar-refractivity contribution is -0.115. The van der Waals surface area contributed by atoms with Crippen molar-refractivity contribution in [3.8, 4) is 6.07 Å². The Hall–Kier alpha value is -3.38. The van der Waals surface area contributed by atoms with Crippen molar-refractivity contribution >= 4 is 62.5 Å². The number of anilines is 2. The second-order valence-electron chi connectivity index (χ2n) is 8.75. The van der Waals surface area contributed by atoms with Gasteiger partial charge in [-0.3, -0.25) is 14.5 Å². The molecule has 188 valence electrons. The van der Waals surface area contributed by atoms with E-state index < -0.39 is 0 Å². The minimum absolute atomic E-state index is 0.0368. The van der Waals surface area contributed by atoms with Gasteiger partial charge >= 0.3 is 0 Å². The summed E-state index contributed by atoms with van der Waals surface area (Å²) >= 11 is 6.29. The third kappa shape index (κ3) is 5.14. The van der Waals surface area contributed by atoms with E-state index in [-0.39, 0.29) is 23.9 Å². The summed E-state index contributed by atoms with van der Waals surface area (Å²) in [5, 5.41) is 10.5. The molecule has 0 saturated heterocycles. The summed E-state index contributed by atoms with van der Waals surface area (Å²) < 4.78 is 0.904.